The van der Waals surface area contributed by atoms with E-state index in [4.69, 9.17) is 4.74 Å². The molecule has 0 saturated carbocycles. The minimum Gasteiger partial charge on any atom is -0.385 e. The normalized spacial score (nSPS) is 18.2. The summed E-state index contributed by atoms with van der Waals surface area (Å²) >= 11 is 0. The summed E-state index contributed by atoms with van der Waals surface area (Å²) in [4.78, 5) is 6.78. The molecule has 1 aromatic rings. The SMILES string of the molecule is CN=C(NCCCOC)N1CCC(Cc2ccccc2)C1.I. The highest BCUT2D eigenvalue weighted by atomic mass is 127. The van der Waals surface area contributed by atoms with Crippen LogP contribution < -0.4 is 5.32 Å². The highest BCUT2D eigenvalue weighted by Gasteiger charge is 2.24. The first-order chi connectivity index (χ1) is 10.3. The molecular weight excluding hydrogens is 389 g/mol. The van der Waals surface area contributed by atoms with Crippen LogP contribution in [-0.2, 0) is 11.2 Å². The fraction of sp³-hybridized carbons (Fsp3) is 0.588. The minimum absolute atomic E-state index is 0. The van der Waals surface area contributed by atoms with Crippen molar-refractivity contribution in [1.82, 2.24) is 10.2 Å². The monoisotopic (exact) mass is 417 g/mol. The molecule has 0 spiro atoms. The molecule has 1 aliphatic rings. The molecule has 22 heavy (non-hydrogen) atoms. The van der Waals surface area contributed by atoms with Crippen LogP contribution in [0.2, 0.25) is 0 Å². The molecule has 1 atom stereocenters. The van der Waals surface area contributed by atoms with Crippen LogP contribution in [0.5, 0.6) is 0 Å². The van der Waals surface area contributed by atoms with Gasteiger partial charge in [0, 0.05) is 40.4 Å². The van der Waals surface area contributed by atoms with Crippen molar-refractivity contribution in [3.05, 3.63) is 35.9 Å². The number of benzene rings is 1. The second-order valence-electron chi connectivity index (χ2n) is 5.61. The van der Waals surface area contributed by atoms with E-state index in [2.05, 4.69) is 45.5 Å². The van der Waals surface area contributed by atoms with Gasteiger partial charge < -0.3 is 15.0 Å². The van der Waals surface area contributed by atoms with E-state index in [1.165, 1.54) is 12.0 Å². The number of rotatable bonds is 6. The van der Waals surface area contributed by atoms with Crippen LogP contribution in [-0.4, -0.2) is 51.3 Å². The van der Waals surface area contributed by atoms with Gasteiger partial charge in [0.05, 0.1) is 0 Å². The van der Waals surface area contributed by atoms with E-state index in [1.54, 1.807) is 7.11 Å². The molecule has 0 aromatic heterocycles. The molecule has 1 unspecified atom stereocenters. The Kier molecular flexibility index (Phi) is 9.47. The smallest absolute Gasteiger partial charge is 0.193 e. The number of hydrogen-bond donors (Lipinski definition) is 1. The zero-order valence-corrected chi connectivity index (χ0v) is 16.0. The van der Waals surface area contributed by atoms with E-state index < -0.39 is 0 Å². The Balaban J connectivity index is 0.00000242. The molecule has 1 N–H and O–H groups in total. The number of aliphatic imine (C=N–C) groups is 1. The second kappa shape index (κ2) is 10.8. The molecule has 1 aliphatic heterocycles. The van der Waals surface area contributed by atoms with Gasteiger partial charge in [-0.25, -0.2) is 0 Å². The first-order valence-electron chi connectivity index (χ1n) is 7.82. The third-order valence-electron chi connectivity index (χ3n) is 3.97. The topological polar surface area (TPSA) is 36.9 Å². The number of halogens is 1. The number of methoxy groups -OCH3 is 1. The molecule has 0 amide bonds. The van der Waals surface area contributed by atoms with Crippen LogP contribution in [0.1, 0.15) is 18.4 Å². The van der Waals surface area contributed by atoms with E-state index in [1.807, 2.05) is 7.05 Å². The zero-order chi connectivity index (χ0) is 14.9. The number of guanidine groups is 1. The number of likely N-dealkylation sites (tertiary alicyclic amines) is 1. The highest BCUT2D eigenvalue weighted by molar-refractivity contribution is 14.0. The summed E-state index contributed by atoms with van der Waals surface area (Å²) in [5, 5.41) is 3.43. The first kappa shape index (κ1) is 19.2. The molecule has 0 radical (unpaired) electrons. The van der Waals surface area contributed by atoms with Crippen molar-refractivity contribution >= 4 is 29.9 Å². The Hall–Kier alpha value is -0.820. The van der Waals surface area contributed by atoms with Gasteiger partial charge in [-0.15, -0.1) is 24.0 Å². The van der Waals surface area contributed by atoms with Crippen molar-refractivity contribution in [3.63, 3.8) is 0 Å². The van der Waals surface area contributed by atoms with Gasteiger partial charge in [0.1, 0.15) is 0 Å². The van der Waals surface area contributed by atoms with E-state index in [9.17, 15) is 0 Å². The Morgan fingerprint density at radius 3 is 2.82 bits per heavy atom. The number of ether oxygens (including phenoxy) is 1. The largest absolute Gasteiger partial charge is 0.385 e. The average molecular weight is 417 g/mol. The molecule has 4 nitrogen and oxygen atoms in total. The van der Waals surface area contributed by atoms with Gasteiger partial charge in [-0.05, 0) is 30.7 Å². The molecule has 0 aliphatic carbocycles. The molecule has 5 heteroatoms. The van der Waals surface area contributed by atoms with E-state index in [0.29, 0.717) is 0 Å². The van der Waals surface area contributed by atoms with Crippen LogP contribution in [0.25, 0.3) is 0 Å². The third kappa shape index (κ3) is 6.12. The lowest BCUT2D eigenvalue weighted by Gasteiger charge is -2.21. The standard InChI is InChI=1S/C17H27N3O.HI/c1-18-17(19-10-6-12-21-2)20-11-9-16(14-20)13-15-7-4-3-5-8-15;/h3-5,7-8,16H,6,9-14H2,1-2H3,(H,18,19);1H. The average Bonchev–Trinajstić information content (AvgIpc) is 2.97. The Labute approximate surface area is 151 Å². The number of nitrogens with zero attached hydrogens (tertiary/aromatic N) is 2. The summed E-state index contributed by atoms with van der Waals surface area (Å²) in [5.74, 6) is 1.76. The number of nitrogens with one attached hydrogen (secondary N) is 1. The van der Waals surface area contributed by atoms with Gasteiger partial charge in [-0.3, -0.25) is 4.99 Å². The number of hydrogen-bond acceptors (Lipinski definition) is 2. The Morgan fingerprint density at radius 1 is 1.36 bits per heavy atom. The lowest BCUT2D eigenvalue weighted by molar-refractivity contribution is 0.195. The van der Waals surface area contributed by atoms with Crippen molar-refractivity contribution in [3.8, 4) is 0 Å². The van der Waals surface area contributed by atoms with E-state index in [0.717, 1.165) is 51.0 Å². The molecule has 124 valence electrons. The van der Waals surface area contributed by atoms with E-state index in [-0.39, 0.29) is 24.0 Å². The Morgan fingerprint density at radius 2 is 2.14 bits per heavy atom. The van der Waals surface area contributed by atoms with E-state index >= 15 is 0 Å². The summed E-state index contributed by atoms with van der Waals surface area (Å²) in [5.41, 5.74) is 1.44. The summed E-state index contributed by atoms with van der Waals surface area (Å²) in [6, 6.07) is 10.8. The van der Waals surface area contributed by atoms with Crippen LogP contribution in [0.3, 0.4) is 0 Å². The van der Waals surface area contributed by atoms with Crippen molar-refractivity contribution < 1.29 is 4.74 Å². The predicted octanol–water partition coefficient (Wildman–Crippen LogP) is 2.78. The van der Waals surface area contributed by atoms with Gasteiger partial charge in [0.15, 0.2) is 5.96 Å². The predicted molar refractivity (Wildman–Crippen MR) is 103 cm³/mol. The summed E-state index contributed by atoms with van der Waals surface area (Å²) in [6.45, 7) is 3.90. The van der Waals surface area contributed by atoms with Gasteiger partial charge >= 0.3 is 0 Å². The maximum absolute atomic E-state index is 5.07. The van der Waals surface area contributed by atoms with Crippen LogP contribution in [0.4, 0.5) is 0 Å². The minimum atomic E-state index is 0. The highest BCUT2D eigenvalue weighted by Crippen LogP contribution is 2.20. The Bertz CT molecular complexity index is 439. The van der Waals surface area contributed by atoms with Crippen LogP contribution >= 0.6 is 24.0 Å². The van der Waals surface area contributed by atoms with Crippen molar-refractivity contribution in [2.45, 2.75) is 19.3 Å². The lowest BCUT2D eigenvalue weighted by atomic mass is 9.99. The van der Waals surface area contributed by atoms with Gasteiger partial charge in [-0.1, -0.05) is 30.3 Å². The fourth-order valence-corrected chi connectivity index (χ4v) is 2.89. The molecule has 1 saturated heterocycles. The van der Waals surface area contributed by atoms with Crippen molar-refractivity contribution in [2.24, 2.45) is 10.9 Å². The first-order valence-corrected chi connectivity index (χ1v) is 7.82. The van der Waals surface area contributed by atoms with Crippen molar-refractivity contribution in [1.29, 1.82) is 0 Å². The van der Waals surface area contributed by atoms with Gasteiger partial charge in [-0.2, -0.15) is 0 Å². The maximum atomic E-state index is 5.07. The van der Waals surface area contributed by atoms with Crippen molar-refractivity contribution in [2.75, 3.05) is 40.4 Å². The summed E-state index contributed by atoms with van der Waals surface area (Å²) in [6.07, 6.45) is 3.42. The lowest BCUT2D eigenvalue weighted by Crippen LogP contribution is -2.40. The second-order valence-corrected chi connectivity index (χ2v) is 5.61. The zero-order valence-electron chi connectivity index (χ0n) is 13.6. The summed E-state index contributed by atoms with van der Waals surface area (Å²) < 4.78 is 5.07. The quantitative estimate of drug-likeness (QED) is 0.335. The molecule has 0 bridgehead atoms. The molecule has 1 fully saturated rings. The van der Waals surface area contributed by atoms with Crippen LogP contribution in [0, 0.1) is 5.92 Å². The van der Waals surface area contributed by atoms with Gasteiger partial charge in [0.25, 0.3) is 0 Å². The molecule has 2 rings (SSSR count). The molecular formula is C17H28IN3O. The molecule has 1 heterocycles. The third-order valence-corrected chi connectivity index (χ3v) is 3.97. The fourth-order valence-electron chi connectivity index (χ4n) is 2.89. The summed E-state index contributed by atoms with van der Waals surface area (Å²) in [7, 11) is 3.60. The molecule has 1 aromatic carbocycles. The van der Waals surface area contributed by atoms with Gasteiger partial charge in [0.2, 0.25) is 0 Å². The maximum Gasteiger partial charge on any atom is 0.193 e. The van der Waals surface area contributed by atoms with Crippen LogP contribution in [0.15, 0.2) is 35.3 Å².